The Bertz CT molecular complexity index is 1480. The number of hydrogen-bond acceptors (Lipinski definition) is 9. The molecule has 2 saturated heterocycles. The first-order valence-corrected chi connectivity index (χ1v) is 15.8. The van der Waals surface area contributed by atoms with Crippen LogP contribution in [0.5, 0.6) is 17.2 Å². The minimum atomic E-state index is -0.481. The molecule has 2 aliphatic rings. The van der Waals surface area contributed by atoms with E-state index in [0.717, 1.165) is 49.7 Å². The van der Waals surface area contributed by atoms with E-state index in [1.165, 1.54) is 0 Å². The second-order valence-electron chi connectivity index (χ2n) is 12.4. The number of piperazine rings is 2. The average molecular weight is 632 g/mol. The highest BCUT2D eigenvalue weighted by Crippen LogP contribution is 2.32. The highest BCUT2D eigenvalue weighted by atomic mass is 16.6. The van der Waals surface area contributed by atoms with Gasteiger partial charge in [-0.25, -0.2) is 9.78 Å². The van der Waals surface area contributed by atoms with Crippen molar-refractivity contribution in [2.45, 2.75) is 26.4 Å². The molecule has 0 unspecified atom stereocenters. The lowest BCUT2D eigenvalue weighted by Crippen LogP contribution is -2.50. The summed E-state index contributed by atoms with van der Waals surface area (Å²) in [6, 6.07) is 19.3. The maximum Gasteiger partial charge on any atom is 0.410 e. The minimum absolute atomic E-state index is 0.0722. The maximum atomic E-state index is 13.4. The van der Waals surface area contributed by atoms with Crippen LogP contribution in [-0.4, -0.2) is 117 Å². The number of carbonyl (C=O) groups is 2. The highest BCUT2D eigenvalue weighted by Gasteiger charge is 2.26. The first kappa shape index (κ1) is 32.9. The van der Waals surface area contributed by atoms with Gasteiger partial charge in [0, 0.05) is 70.2 Å². The fraction of sp³-hybridized carbons (Fsp3) is 0.457. The van der Waals surface area contributed by atoms with Gasteiger partial charge in [0.1, 0.15) is 23.7 Å². The normalized spacial score (nSPS) is 15.8. The zero-order chi connectivity index (χ0) is 32.7. The number of rotatable bonds is 9. The van der Waals surface area contributed by atoms with Crippen LogP contribution in [0.2, 0.25) is 0 Å². The number of aromatic nitrogens is 1. The third-order valence-corrected chi connectivity index (χ3v) is 8.12. The van der Waals surface area contributed by atoms with Crippen LogP contribution in [0.1, 0.15) is 31.3 Å². The van der Waals surface area contributed by atoms with E-state index in [4.69, 9.17) is 18.9 Å². The van der Waals surface area contributed by atoms with Crippen molar-refractivity contribution in [2.24, 2.45) is 0 Å². The van der Waals surface area contributed by atoms with Gasteiger partial charge in [0.2, 0.25) is 0 Å². The van der Waals surface area contributed by atoms with Gasteiger partial charge in [-0.05, 0) is 75.4 Å². The van der Waals surface area contributed by atoms with E-state index in [9.17, 15) is 9.59 Å². The van der Waals surface area contributed by atoms with Crippen LogP contribution in [0, 0.1) is 0 Å². The van der Waals surface area contributed by atoms with Crippen molar-refractivity contribution >= 4 is 17.7 Å². The summed E-state index contributed by atoms with van der Waals surface area (Å²) >= 11 is 0. The monoisotopic (exact) mass is 631 g/mol. The SMILES string of the molecule is COc1ccc(-c2cccc(C(=O)N3CCN(c4ccc(OCCN5CCN(C(=O)OC(C)(C)C)CC5)cc4)CC3)n2)cc1OC. The summed E-state index contributed by atoms with van der Waals surface area (Å²) in [5, 5.41) is 0. The summed E-state index contributed by atoms with van der Waals surface area (Å²) in [4.78, 5) is 38.5. The molecule has 0 atom stereocenters. The van der Waals surface area contributed by atoms with E-state index in [2.05, 4.69) is 26.9 Å². The Balaban J connectivity index is 1.06. The minimum Gasteiger partial charge on any atom is -0.493 e. The Morgan fingerprint density at radius 1 is 0.783 bits per heavy atom. The van der Waals surface area contributed by atoms with Gasteiger partial charge in [-0.2, -0.15) is 0 Å². The van der Waals surface area contributed by atoms with Crippen molar-refractivity contribution in [1.29, 1.82) is 0 Å². The van der Waals surface area contributed by atoms with Gasteiger partial charge in [0.15, 0.2) is 11.5 Å². The van der Waals surface area contributed by atoms with E-state index >= 15 is 0 Å². The Labute approximate surface area is 271 Å². The molecule has 2 fully saturated rings. The molecule has 0 N–H and O–H groups in total. The maximum absolute atomic E-state index is 13.4. The molecule has 46 heavy (non-hydrogen) atoms. The van der Waals surface area contributed by atoms with Gasteiger partial charge in [0.25, 0.3) is 5.91 Å². The average Bonchev–Trinajstić information content (AvgIpc) is 3.07. The third kappa shape index (κ3) is 8.39. The molecule has 0 bridgehead atoms. The highest BCUT2D eigenvalue weighted by molar-refractivity contribution is 5.93. The fourth-order valence-electron chi connectivity index (χ4n) is 5.57. The summed E-state index contributed by atoms with van der Waals surface area (Å²) in [6.07, 6.45) is -0.245. The number of ether oxygens (including phenoxy) is 4. The number of benzene rings is 2. The van der Waals surface area contributed by atoms with Crippen molar-refractivity contribution in [3.63, 3.8) is 0 Å². The first-order chi connectivity index (χ1) is 22.1. The van der Waals surface area contributed by atoms with Gasteiger partial charge >= 0.3 is 6.09 Å². The van der Waals surface area contributed by atoms with Crippen LogP contribution in [0.3, 0.4) is 0 Å². The van der Waals surface area contributed by atoms with Gasteiger partial charge in [-0.1, -0.05) is 6.07 Å². The molecule has 3 aromatic rings. The van der Waals surface area contributed by atoms with Gasteiger partial charge < -0.3 is 33.6 Å². The molecule has 5 rings (SSSR count). The van der Waals surface area contributed by atoms with Crippen LogP contribution in [0.15, 0.2) is 60.7 Å². The Morgan fingerprint density at radius 2 is 1.46 bits per heavy atom. The number of hydrogen-bond donors (Lipinski definition) is 0. The number of nitrogens with zero attached hydrogens (tertiary/aromatic N) is 5. The molecule has 2 amide bonds. The summed E-state index contributed by atoms with van der Waals surface area (Å²) < 4.78 is 22.3. The second-order valence-corrected chi connectivity index (χ2v) is 12.4. The molecule has 246 valence electrons. The number of carbonyl (C=O) groups excluding carboxylic acids is 2. The molecular weight excluding hydrogens is 586 g/mol. The lowest BCUT2D eigenvalue weighted by Gasteiger charge is -2.36. The van der Waals surface area contributed by atoms with Crippen molar-refractivity contribution in [3.05, 3.63) is 66.4 Å². The molecule has 2 aromatic carbocycles. The van der Waals surface area contributed by atoms with Gasteiger partial charge in [-0.3, -0.25) is 9.69 Å². The van der Waals surface area contributed by atoms with Crippen molar-refractivity contribution in [2.75, 3.05) is 84.6 Å². The van der Waals surface area contributed by atoms with E-state index in [1.807, 2.05) is 68.1 Å². The zero-order valence-electron chi connectivity index (χ0n) is 27.5. The lowest BCUT2D eigenvalue weighted by molar-refractivity contribution is 0.0137. The number of anilines is 1. The second kappa shape index (κ2) is 14.7. The quantitative estimate of drug-likeness (QED) is 0.334. The summed E-state index contributed by atoms with van der Waals surface area (Å²) in [7, 11) is 3.20. The third-order valence-electron chi connectivity index (χ3n) is 8.12. The summed E-state index contributed by atoms with van der Waals surface area (Å²) in [5.41, 5.74) is 2.60. The number of amides is 2. The smallest absolute Gasteiger partial charge is 0.410 e. The molecule has 0 spiro atoms. The van der Waals surface area contributed by atoms with Crippen LogP contribution >= 0.6 is 0 Å². The zero-order valence-corrected chi connectivity index (χ0v) is 27.5. The van der Waals surface area contributed by atoms with Crippen molar-refractivity contribution in [1.82, 2.24) is 19.7 Å². The standard InChI is InChI=1S/C35H45N5O6/c1-35(2,3)46-34(42)40-17-15-37(16-18-40)23-24-45-28-12-10-27(11-13-28)38-19-21-39(22-20-38)33(41)30-8-6-7-29(36-30)26-9-14-31(43-4)32(25-26)44-5/h6-14,25H,15-24H2,1-5H3. The van der Waals surface area contributed by atoms with Gasteiger partial charge in [0.05, 0.1) is 19.9 Å². The van der Waals surface area contributed by atoms with Crippen molar-refractivity contribution < 1.29 is 28.5 Å². The molecule has 3 heterocycles. The molecular formula is C35H45N5O6. The topological polar surface area (TPSA) is 96.9 Å². The largest absolute Gasteiger partial charge is 0.493 e. The Kier molecular flexibility index (Phi) is 10.5. The Hall–Kier alpha value is -4.51. The molecule has 0 aliphatic carbocycles. The summed E-state index contributed by atoms with van der Waals surface area (Å²) in [5.74, 6) is 2.01. The van der Waals surface area contributed by atoms with Crippen LogP contribution in [0.25, 0.3) is 11.3 Å². The van der Waals surface area contributed by atoms with Crippen LogP contribution in [-0.2, 0) is 4.74 Å². The predicted octanol–water partition coefficient (Wildman–Crippen LogP) is 4.66. The Morgan fingerprint density at radius 3 is 2.11 bits per heavy atom. The molecule has 0 radical (unpaired) electrons. The fourth-order valence-corrected chi connectivity index (χ4v) is 5.57. The predicted molar refractivity (Wildman–Crippen MR) is 177 cm³/mol. The molecule has 0 saturated carbocycles. The summed E-state index contributed by atoms with van der Waals surface area (Å²) in [6.45, 7) is 12.6. The van der Waals surface area contributed by atoms with E-state index < -0.39 is 5.60 Å². The number of methoxy groups -OCH3 is 2. The molecule has 1 aromatic heterocycles. The van der Waals surface area contributed by atoms with Crippen LogP contribution < -0.4 is 19.1 Å². The van der Waals surface area contributed by atoms with Crippen LogP contribution in [0.4, 0.5) is 10.5 Å². The van der Waals surface area contributed by atoms with Crippen molar-refractivity contribution in [3.8, 4) is 28.5 Å². The number of pyridine rings is 1. The van der Waals surface area contributed by atoms with Gasteiger partial charge in [-0.15, -0.1) is 0 Å². The van der Waals surface area contributed by atoms with E-state index in [1.54, 1.807) is 25.2 Å². The molecule has 11 nitrogen and oxygen atoms in total. The first-order valence-electron chi connectivity index (χ1n) is 15.8. The molecule has 11 heteroatoms. The van der Waals surface area contributed by atoms with E-state index in [-0.39, 0.29) is 12.0 Å². The van der Waals surface area contributed by atoms with E-state index in [0.29, 0.717) is 55.7 Å². The molecule has 2 aliphatic heterocycles. The lowest BCUT2D eigenvalue weighted by atomic mass is 10.1.